The molecule has 0 N–H and O–H groups in total. The summed E-state index contributed by atoms with van der Waals surface area (Å²) in [4.78, 5) is -3.15. The highest BCUT2D eigenvalue weighted by Gasteiger charge is 2.29. The van der Waals surface area contributed by atoms with Crippen molar-refractivity contribution in [2.24, 2.45) is 0 Å². The average molecular weight is 414 g/mol. The van der Waals surface area contributed by atoms with Crippen LogP contribution in [0.2, 0.25) is 0 Å². The third-order valence-electron chi connectivity index (χ3n) is 2.57. The zero-order valence-electron chi connectivity index (χ0n) is 11.0. The van der Waals surface area contributed by atoms with Crippen LogP contribution in [0.4, 0.5) is 43.9 Å². The Morgan fingerprint density at radius 2 is 0.560 bits per heavy atom. The van der Waals surface area contributed by atoms with E-state index in [1.165, 1.54) is 0 Å². The molecule has 0 spiro atoms. The maximum Gasteiger partial charge on any atom is 0.200 e. The number of hydrogen-bond donors (Lipinski definition) is 0. The van der Waals surface area contributed by atoms with Crippen molar-refractivity contribution in [2.45, 2.75) is 9.79 Å². The molecule has 13 heteroatoms. The molecule has 0 aliphatic heterocycles. The number of benzene rings is 2. The Hall–Kier alpha value is -1.60. The zero-order chi connectivity index (χ0) is 19.0. The lowest BCUT2D eigenvalue weighted by molar-refractivity contribution is 0.358. The molecule has 0 heterocycles. The second kappa shape index (κ2) is 7.33. The maximum absolute atomic E-state index is 13.3. The van der Waals surface area contributed by atoms with Crippen LogP contribution in [0.1, 0.15) is 0 Å². The molecule has 0 aliphatic carbocycles. The Morgan fingerprint density at radius 1 is 0.360 bits per heavy atom. The third-order valence-corrected chi connectivity index (χ3v) is 4.17. The van der Waals surface area contributed by atoms with Gasteiger partial charge >= 0.3 is 0 Å². The summed E-state index contributed by atoms with van der Waals surface area (Å²) in [6, 6.07) is 0. The van der Waals surface area contributed by atoms with Crippen LogP contribution in [0.15, 0.2) is 9.79 Å². The smallest absolute Gasteiger partial charge is 0.200 e. The van der Waals surface area contributed by atoms with Gasteiger partial charge in [-0.05, 0) is 0 Å². The molecule has 0 atom stereocenters. The Bertz CT molecular complexity index is 729. The lowest BCUT2D eigenvalue weighted by atomic mass is 10.3. The van der Waals surface area contributed by atoms with Gasteiger partial charge in [0.15, 0.2) is 46.5 Å². The number of rotatable bonds is 4. The van der Waals surface area contributed by atoms with E-state index in [1.807, 2.05) is 0 Å². The molecule has 2 aromatic carbocycles. The van der Waals surface area contributed by atoms with Gasteiger partial charge in [-0.25, -0.2) is 47.5 Å². The van der Waals surface area contributed by atoms with Gasteiger partial charge in [0.25, 0.3) is 0 Å². The molecule has 0 saturated carbocycles. The van der Waals surface area contributed by atoms with Crippen molar-refractivity contribution in [1.82, 2.24) is 0 Å². The van der Waals surface area contributed by atoms with Crippen LogP contribution in [0.25, 0.3) is 0 Å². The molecule has 0 radical (unpaired) electrons. The van der Waals surface area contributed by atoms with Crippen LogP contribution >= 0.6 is 24.1 Å². The lowest BCUT2D eigenvalue weighted by Gasteiger charge is -2.08. The summed E-state index contributed by atoms with van der Waals surface area (Å²) in [5.41, 5.74) is 0. The average Bonchev–Trinajstić information content (AvgIpc) is 2.60. The van der Waals surface area contributed by atoms with Gasteiger partial charge in [0.2, 0.25) is 11.6 Å². The van der Waals surface area contributed by atoms with E-state index in [4.69, 9.17) is 0 Å². The number of hydrogen-bond acceptors (Lipinski definition) is 3. The topological polar surface area (TPSA) is 9.23 Å². The Balaban J connectivity index is 2.29. The fraction of sp³-hybridized carbons (Fsp3) is 0. The predicted molar refractivity (Wildman–Crippen MR) is 65.3 cm³/mol. The van der Waals surface area contributed by atoms with E-state index >= 15 is 0 Å². The van der Waals surface area contributed by atoms with E-state index < -0.39 is 92.0 Å². The van der Waals surface area contributed by atoms with Crippen LogP contribution in [-0.2, 0) is 3.63 Å². The standard InChI is InChI=1S/C12F10OS2/c13-1-3(15)7(19)11(8(20)4(1)16)24-23-25-12-9(21)5(17)2(14)6(18)10(12)22. The van der Waals surface area contributed by atoms with Crippen LogP contribution < -0.4 is 0 Å². The SMILES string of the molecule is Fc1c(F)c(F)c(SOSc2c(F)c(F)c(F)c(F)c2F)c(F)c1F. The first kappa shape index (κ1) is 19.7. The van der Waals surface area contributed by atoms with E-state index in [2.05, 4.69) is 3.63 Å². The van der Waals surface area contributed by atoms with Crippen molar-refractivity contribution in [3.63, 3.8) is 0 Å². The molecular weight excluding hydrogens is 414 g/mol. The molecule has 2 rings (SSSR count). The zero-order valence-corrected chi connectivity index (χ0v) is 12.6. The maximum atomic E-state index is 13.3. The van der Waals surface area contributed by atoms with Crippen molar-refractivity contribution >= 4 is 24.1 Å². The van der Waals surface area contributed by atoms with Gasteiger partial charge in [0.05, 0.1) is 24.1 Å². The first-order valence-electron chi connectivity index (χ1n) is 5.63. The first-order valence-corrected chi connectivity index (χ1v) is 7.11. The summed E-state index contributed by atoms with van der Waals surface area (Å²) < 4.78 is 135. The minimum Gasteiger partial charge on any atom is -0.236 e. The largest absolute Gasteiger partial charge is 0.236 e. The van der Waals surface area contributed by atoms with Gasteiger partial charge in [-0.2, -0.15) is 0 Å². The molecule has 0 aliphatic rings. The highest BCUT2D eigenvalue weighted by atomic mass is 32.2. The Morgan fingerprint density at radius 3 is 0.800 bits per heavy atom. The van der Waals surface area contributed by atoms with Gasteiger partial charge in [0.1, 0.15) is 9.79 Å². The highest BCUT2D eigenvalue weighted by molar-refractivity contribution is 8.08. The molecule has 0 fully saturated rings. The van der Waals surface area contributed by atoms with E-state index in [9.17, 15) is 43.9 Å². The van der Waals surface area contributed by atoms with Gasteiger partial charge in [-0.3, -0.25) is 0 Å². The van der Waals surface area contributed by atoms with Gasteiger partial charge in [0, 0.05) is 0 Å². The summed E-state index contributed by atoms with van der Waals surface area (Å²) in [6.07, 6.45) is 0. The number of halogens is 10. The van der Waals surface area contributed by atoms with Crippen LogP contribution in [-0.4, -0.2) is 0 Å². The monoisotopic (exact) mass is 414 g/mol. The molecule has 25 heavy (non-hydrogen) atoms. The van der Waals surface area contributed by atoms with E-state index in [0.29, 0.717) is 0 Å². The Labute approximate surface area is 140 Å². The summed E-state index contributed by atoms with van der Waals surface area (Å²) in [5.74, 6) is -23.4. The molecule has 0 saturated heterocycles. The van der Waals surface area contributed by atoms with Crippen LogP contribution in [0.3, 0.4) is 0 Å². The van der Waals surface area contributed by atoms with E-state index in [0.717, 1.165) is 0 Å². The molecule has 0 amide bonds. The van der Waals surface area contributed by atoms with E-state index in [-0.39, 0.29) is 0 Å². The summed E-state index contributed by atoms with van der Waals surface area (Å²) in [7, 11) is 0. The normalized spacial score (nSPS) is 11.3. The highest BCUT2D eigenvalue weighted by Crippen LogP contribution is 2.38. The van der Waals surface area contributed by atoms with Crippen molar-refractivity contribution in [3.8, 4) is 0 Å². The molecule has 136 valence electrons. The Kier molecular flexibility index (Phi) is 5.79. The lowest BCUT2D eigenvalue weighted by Crippen LogP contribution is -2.04. The minimum atomic E-state index is -2.45. The van der Waals surface area contributed by atoms with Gasteiger partial charge in [-0.1, -0.05) is 0 Å². The fourth-order valence-electron chi connectivity index (χ4n) is 1.40. The first-order chi connectivity index (χ1) is 11.6. The van der Waals surface area contributed by atoms with E-state index in [1.54, 1.807) is 0 Å². The predicted octanol–water partition coefficient (Wildman–Crippen LogP) is 5.81. The third kappa shape index (κ3) is 3.40. The van der Waals surface area contributed by atoms with Crippen molar-refractivity contribution in [2.75, 3.05) is 0 Å². The molecule has 1 nitrogen and oxygen atoms in total. The van der Waals surface area contributed by atoms with Crippen molar-refractivity contribution in [3.05, 3.63) is 58.2 Å². The van der Waals surface area contributed by atoms with Gasteiger partial charge < -0.3 is 0 Å². The summed E-state index contributed by atoms with van der Waals surface area (Å²) in [6.45, 7) is 0. The molecular formula is C12F10OS2. The second-order valence-corrected chi connectivity index (χ2v) is 5.73. The summed E-state index contributed by atoms with van der Waals surface area (Å²) in [5, 5.41) is 0. The second-order valence-electron chi connectivity index (χ2n) is 4.03. The van der Waals surface area contributed by atoms with Gasteiger partial charge in [-0.15, -0.1) is 0 Å². The van der Waals surface area contributed by atoms with Crippen molar-refractivity contribution < 1.29 is 47.5 Å². The molecule has 0 aromatic heterocycles. The molecule has 0 unspecified atom stereocenters. The van der Waals surface area contributed by atoms with Crippen molar-refractivity contribution in [1.29, 1.82) is 0 Å². The van der Waals surface area contributed by atoms with Crippen LogP contribution in [0, 0.1) is 58.2 Å². The molecule has 0 bridgehead atoms. The minimum absolute atomic E-state index is 0.567. The molecule has 2 aromatic rings. The quantitative estimate of drug-likeness (QED) is 0.271. The van der Waals surface area contributed by atoms with Crippen LogP contribution in [0.5, 0.6) is 0 Å². The fourth-order valence-corrected chi connectivity index (χ4v) is 2.73. The summed E-state index contributed by atoms with van der Waals surface area (Å²) >= 11 is -1.13.